The van der Waals surface area contributed by atoms with Crippen LogP contribution in [-0.2, 0) is 6.42 Å². The van der Waals surface area contributed by atoms with E-state index < -0.39 is 11.6 Å². The molecule has 1 aromatic rings. The van der Waals surface area contributed by atoms with E-state index in [4.69, 9.17) is 0 Å². The Balaban J connectivity index is 2.64. The molecule has 17 heavy (non-hydrogen) atoms. The van der Waals surface area contributed by atoms with Crippen molar-refractivity contribution in [2.45, 2.75) is 25.8 Å². The van der Waals surface area contributed by atoms with Gasteiger partial charge in [0.2, 0.25) is 0 Å². The molecule has 1 unspecified atom stereocenters. The summed E-state index contributed by atoms with van der Waals surface area (Å²) in [6, 6.07) is 4.06. The van der Waals surface area contributed by atoms with Gasteiger partial charge >= 0.3 is 0 Å². The largest absolute Gasteiger partial charge is 0.314 e. The molecule has 0 aromatic heterocycles. The molecule has 1 aromatic carbocycles. The van der Waals surface area contributed by atoms with Gasteiger partial charge in [0, 0.05) is 12.1 Å². The fraction of sp³-hybridized carbons (Fsp3) is 0.538. The molecule has 0 spiro atoms. The van der Waals surface area contributed by atoms with Crippen molar-refractivity contribution in [3.8, 4) is 0 Å². The van der Waals surface area contributed by atoms with Crippen LogP contribution in [0.4, 0.5) is 8.78 Å². The standard InChI is InChI=1S/C13H19F2NS/c1-3-16-12(6-7-17-2)8-10-4-5-11(14)9-13(10)15/h4-5,9,12,16H,3,6-8H2,1-2H3. The van der Waals surface area contributed by atoms with Crippen LogP contribution in [0.25, 0.3) is 0 Å². The molecule has 0 bridgehead atoms. The van der Waals surface area contributed by atoms with Gasteiger partial charge in [-0.05, 0) is 43.0 Å². The second-order valence-corrected chi connectivity index (χ2v) is 4.96. The Hall–Kier alpha value is -0.610. The van der Waals surface area contributed by atoms with E-state index in [0.29, 0.717) is 12.0 Å². The van der Waals surface area contributed by atoms with Gasteiger partial charge in [-0.1, -0.05) is 13.0 Å². The van der Waals surface area contributed by atoms with Gasteiger partial charge in [-0.15, -0.1) is 0 Å². The minimum absolute atomic E-state index is 0.257. The Labute approximate surface area is 106 Å². The summed E-state index contributed by atoms with van der Waals surface area (Å²) >= 11 is 1.78. The average molecular weight is 259 g/mol. The molecule has 0 radical (unpaired) electrons. The predicted octanol–water partition coefficient (Wildman–Crippen LogP) is 3.24. The lowest BCUT2D eigenvalue weighted by molar-refractivity contribution is 0.495. The van der Waals surface area contributed by atoms with Crippen molar-refractivity contribution in [3.05, 3.63) is 35.4 Å². The lowest BCUT2D eigenvalue weighted by Gasteiger charge is -2.17. The number of likely N-dealkylation sites (N-methyl/N-ethyl adjacent to an activating group) is 1. The first-order valence-corrected chi connectivity index (χ1v) is 7.23. The quantitative estimate of drug-likeness (QED) is 0.807. The van der Waals surface area contributed by atoms with Crippen LogP contribution in [0.2, 0.25) is 0 Å². The number of thioether (sulfide) groups is 1. The molecule has 0 aliphatic carbocycles. The number of hydrogen-bond donors (Lipinski definition) is 1. The molecule has 0 saturated heterocycles. The number of rotatable bonds is 7. The van der Waals surface area contributed by atoms with Crippen LogP contribution in [0.5, 0.6) is 0 Å². The van der Waals surface area contributed by atoms with Gasteiger partial charge in [0.25, 0.3) is 0 Å². The smallest absolute Gasteiger partial charge is 0.129 e. The summed E-state index contributed by atoms with van der Waals surface area (Å²) in [7, 11) is 0. The maximum atomic E-state index is 13.5. The number of benzene rings is 1. The number of nitrogens with one attached hydrogen (secondary N) is 1. The lowest BCUT2D eigenvalue weighted by atomic mass is 10.0. The van der Waals surface area contributed by atoms with Crippen molar-refractivity contribution < 1.29 is 8.78 Å². The van der Waals surface area contributed by atoms with Crippen LogP contribution < -0.4 is 5.32 Å². The number of hydrogen-bond acceptors (Lipinski definition) is 2. The first-order valence-electron chi connectivity index (χ1n) is 5.83. The summed E-state index contributed by atoms with van der Waals surface area (Å²) in [6.07, 6.45) is 3.66. The normalized spacial score (nSPS) is 12.7. The van der Waals surface area contributed by atoms with E-state index in [-0.39, 0.29) is 6.04 Å². The highest BCUT2D eigenvalue weighted by Gasteiger charge is 2.11. The minimum atomic E-state index is -0.518. The summed E-state index contributed by atoms with van der Waals surface area (Å²) in [5, 5.41) is 3.33. The minimum Gasteiger partial charge on any atom is -0.314 e. The summed E-state index contributed by atoms with van der Waals surface area (Å²) in [5.41, 5.74) is 0.582. The van der Waals surface area contributed by atoms with Gasteiger partial charge < -0.3 is 5.32 Å². The van der Waals surface area contributed by atoms with Crippen molar-refractivity contribution in [1.82, 2.24) is 5.32 Å². The highest BCUT2D eigenvalue weighted by Crippen LogP contribution is 2.14. The van der Waals surface area contributed by atoms with E-state index in [1.807, 2.05) is 6.92 Å². The molecule has 0 aliphatic heterocycles. The van der Waals surface area contributed by atoms with Gasteiger partial charge in [-0.2, -0.15) is 11.8 Å². The highest BCUT2D eigenvalue weighted by molar-refractivity contribution is 7.98. The monoisotopic (exact) mass is 259 g/mol. The van der Waals surface area contributed by atoms with Crippen molar-refractivity contribution in [1.29, 1.82) is 0 Å². The van der Waals surface area contributed by atoms with Gasteiger partial charge in [0.05, 0.1) is 0 Å². The van der Waals surface area contributed by atoms with Crippen LogP contribution >= 0.6 is 11.8 Å². The molecule has 1 atom stereocenters. The highest BCUT2D eigenvalue weighted by atomic mass is 32.2. The molecule has 1 rings (SSSR count). The fourth-order valence-electron chi connectivity index (χ4n) is 1.78. The Bertz CT molecular complexity index is 344. The maximum absolute atomic E-state index is 13.5. The first-order chi connectivity index (χ1) is 8.17. The maximum Gasteiger partial charge on any atom is 0.129 e. The Morgan fingerprint density at radius 3 is 2.71 bits per heavy atom. The average Bonchev–Trinajstić information content (AvgIpc) is 2.29. The van der Waals surface area contributed by atoms with Gasteiger partial charge in [0.15, 0.2) is 0 Å². The van der Waals surface area contributed by atoms with Crippen LogP contribution in [0.1, 0.15) is 18.9 Å². The predicted molar refractivity (Wildman–Crippen MR) is 70.5 cm³/mol. The third-order valence-electron chi connectivity index (χ3n) is 2.64. The summed E-state index contributed by atoms with van der Waals surface area (Å²) in [5.74, 6) is 0.0768. The van der Waals surface area contributed by atoms with Crippen LogP contribution in [-0.4, -0.2) is 24.6 Å². The molecule has 0 fully saturated rings. The zero-order chi connectivity index (χ0) is 12.7. The van der Waals surface area contributed by atoms with E-state index >= 15 is 0 Å². The molecule has 1 nitrogen and oxygen atoms in total. The molecular formula is C13H19F2NS. The van der Waals surface area contributed by atoms with Crippen LogP contribution in [0.15, 0.2) is 18.2 Å². The van der Waals surface area contributed by atoms with Gasteiger partial charge in [0.1, 0.15) is 11.6 Å². The fourth-order valence-corrected chi connectivity index (χ4v) is 2.30. The SMILES string of the molecule is CCNC(CCSC)Cc1ccc(F)cc1F. The van der Waals surface area contributed by atoms with Gasteiger partial charge in [-0.25, -0.2) is 8.78 Å². The summed E-state index contributed by atoms with van der Waals surface area (Å²) in [6.45, 7) is 2.90. The van der Waals surface area contributed by atoms with Crippen LogP contribution in [0.3, 0.4) is 0 Å². The summed E-state index contributed by atoms with van der Waals surface area (Å²) < 4.78 is 26.3. The third-order valence-corrected chi connectivity index (χ3v) is 3.29. The second kappa shape index (κ2) is 7.67. The molecule has 4 heteroatoms. The van der Waals surface area contributed by atoms with E-state index in [1.165, 1.54) is 12.1 Å². The lowest BCUT2D eigenvalue weighted by Crippen LogP contribution is -2.31. The topological polar surface area (TPSA) is 12.0 Å². The van der Waals surface area contributed by atoms with E-state index in [2.05, 4.69) is 11.6 Å². The van der Waals surface area contributed by atoms with E-state index in [0.717, 1.165) is 24.8 Å². The molecule has 96 valence electrons. The molecule has 0 amide bonds. The molecular weight excluding hydrogens is 240 g/mol. The zero-order valence-corrected chi connectivity index (χ0v) is 11.1. The second-order valence-electron chi connectivity index (χ2n) is 3.98. The van der Waals surface area contributed by atoms with E-state index in [1.54, 1.807) is 11.8 Å². The molecule has 0 aliphatic rings. The third kappa shape index (κ3) is 5.04. The molecule has 1 N–H and O–H groups in total. The van der Waals surface area contributed by atoms with Crippen molar-refractivity contribution in [2.24, 2.45) is 0 Å². The first kappa shape index (κ1) is 14.5. The van der Waals surface area contributed by atoms with E-state index in [9.17, 15) is 8.78 Å². The van der Waals surface area contributed by atoms with Crippen molar-refractivity contribution in [3.63, 3.8) is 0 Å². The summed E-state index contributed by atoms with van der Waals surface area (Å²) in [4.78, 5) is 0. The Kier molecular flexibility index (Phi) is 6.52. The Morgan fingerprint density at radius 2 is 2.12 bits per heavy atom. The molecule has 0 heterocycles. The van der Waals surface area contributed by atoms with Crippen molar-refractivity contribution >= 4 is 11.8 Å². The number of halogens is 2. The Morgan fingerprint density at radius 1 is 1.35 bits per heavy atom. The molecule has 0 saturated carbocycles. The van der Waals surface area contributed by atoms with Gasteiger partial charge in [-0.3, -0.25) is 0 Å². The van der Waals surface area contributed by atoms with Crippen molar-refractivity contribution in [2.75, 3.05) is 18.6 Å². The van der Waals surface area contributed by atoms with Crippen LogP contribution in [0, 0.1) is 11.6 Å². The zero-order valence-electron chi connectivity index (χ0n) is 10.3.